The number of aromatic nitrogens is 1. The number of likely N-dealkylation sites (tertiary alicyclic amines) is 1. The van der Waals surface area contributed by atoms with E-state index in [-0.39, 0.29) is 24.4 Å². The molecule has 1 aromatic heterocycles. The number of carbonyl (C=O) groups excluding carboxylic acids is 1. The van der Waals surface area contributed by atoms with E-state index in [1.165, 1.54) is 0 Å². The molecule has 3 rings (SSSR count). The lowest BCUT2D eigenvalue weighted by Gasteiger charge is -2.33. The minimum atomic E-state index is -0.0493. The highest BCUT2D eigenvalue weighted by Gasteiger charge is 2.30. The fraction of sp³-hybridized carbons (Fsp3) is 0.444. The van der Waals surface area contributed by atoms with E-state index in [1.54, 1.807) is 13.0 Å². The number of carbonyl (C=O) groups is 1. The predicted octanol–water partition coefficient (Wildman–Crippen LogP) is 3.92. The van der Waals surface area contributed by atoms with Crippen molar-refractivity contribution < 1.29 is 9.32 Å². The smallest absolute Gasteiger partial charge is 0.259 e. The molecule has 136 valence electrons. The van der Waals surface area contributed by atoms with Crippen LogP contribution in [0, 0.1) is 12.8 Å². The Hall–Kier alpha value is -1.56. The third-order valence-corrected chi connectivity index (χ3v) is 5.11. The van der Waals surface area contributed by atoms with Gasteiger partial charge in [-0.2, -0.15) is 0 Å². The second-order valence-electron chi connectivity index (χ2n) is 6.43. The highest BCUT2D eigenvalue weighted by Crippen LogP contribution is 2.32. The Morgan fingerprint density at radius 2 is 2.00 bits per heavy atom. The number of benzene rings is 1. The first-order valence-electron chi connectivity index (χ1n) is 8.25. The Morgan fingerprint density at radius 1 is 1.36 bits per heavy atom. The van der Waals surface area contributed by atoms with Crippen LogP contribution in [0.2, 0.25) is 5.02 Å². The molecule has 2 heterocycles. The maximum absolute atomic E-state index is 13.0. The molecule has 5 nitrogen and oxygen atoms in total. The number of nitrogens with two attached hydrogens (primary N) is 1. The van der Waals surface area contributed by atoms with Gasteiger partial charge in [0.05, 0.1) is 5.02 Å². The van der Waals surface area contributed by atoms with Crippen LogP contribution >= 0.6 is 24.0 Å². The molecule has 1 aromatic carbocycles. The quantitative estimate of drug-likeness (QED) is 0.871. The molecule has 0 spiro atoms. The number of rotatable bonds is 3. The SMILES string of the molecule is Cc1onc(-c2ccccc2Cl)c1C(=O)N1CCC(C(C)N)CC1.Cl. The van der Waals surface area contributed by atoms with Crippen LogP contribution < -0.4 is 5.73 Å². The lowest BCUT2D eigenvalue weighted by Crippen LogP contribution is -2.42. The number of halogens is 2. The van der Waals surface area contributed by atoms with Gasteiger partial charge in [0.25, 0.3) is 5.91 Å². The van der Waals surface area contributed by atoms with E-state index in [2.05, 4.69) is 5.16 Å². The Balaban J connectivity index is 0.00000225. The van der Waals surface area contributed by atoms with Gasteiger partial charge in [-0.3, -0.25) is 4.79 Å². The topological polar surface area (TPSA) is 72.4 Å². The van der Waals surface area contributed by atoms with E-state index >= 15 is 0 Å². The molecule has 1 atom stereocenters. The van der Waals surface area contributed by atoms with Crippen molar-refractivity contribution in [2.24, 2.45) is 11.7 Å². The molecule has 2 N–H and O–H groups in total. The van der Waals surface area contributed by atoms with Gasteiger partial charge in [0.1, 0.15) is 17.0 Å². The predicted molar refractivity (Wildman–Crippen MR) is 101 cm³/mol. The second-order valence-corrected chi connectivity index (χ2v) is 6.84. The van der Waals surface area contributed by atoms with E-state index in [4.69, 9.17) is 21.9 Å². The van der Waals surface area contributed by atoms with Gasteiger partial charge in [0.2, 0.25) is 0 Å². The van der Waals surface area contributed by atoms with Crippen molar-refractivity contribution in [2.75, 3.05) is 13.1 Å². The summed E-state index contributed by atoms with van der Waals surface area (Å²) in [4.78, 5) is 14.9. The van der Waals surface area contributed by atoms with Crippen LogP contribution in [-0.4, -0.2) is 35.1 Å². The highest BCUT2D eigenvalue weighted by atomic mass is 35.5. The van der Waals surface area contributed by atoms with E-state index in [0.717, 1.165) is 12.8 Å². The van der Waals surface area contributed by atoms with E-state index in [1.807, 2.05) is 30.0 Å². The zero-order valence-corrected chi connectivity index (χ0v) is 15.9. The van der Waals surface area contributed by atoms with Crippen molar-refractivity contribution in [1.82, 2.24) is 10.1 Å². The zero-order valence-electron chi connectivity index (χ0n) is 14.4. The average molecular weight is 384 g/mol. The highest BCUT2D eigenvalue weighted by molar-refractivity contribution is 6.33. The fourth-order valence-corrected chi connectivity index (χ4v) is 3.47. The Kier molecular flexibility index (Phi) is 6.49. The number of amides is 1. The van der Waals surface area contributed by atoms with Crippen LogP contribution in [0.5, 0.6) is 0 Å². The van der Waals surface area contributed by atoms with E-state index < -0.39 is 0 Å². The first kappa shape index (κ1) is 19.8. The zero-order chi connectivity index (χ0) is 17.3. The first-order valence-corrected chi connectivity index (χ1v) is 8.63. The van der Waals surface area contributed by atoms with Crippen LogP contribution in [0.1, 0.15) is 35.9 Å². The van der Waals surface area contributed by atoms with Crippen molar-refractivity contribution in [3.8, 4) is 11.3 Å². The Bertz CT molecular complexity index is 738. The van der Waals surface area contributed by atoms with Gasteiger partial charge < -0.3 is 15.2 Å². The molecule has 1 aliphatic rings. The molecule has 7 heteroatoms. The molecule has 1 aliphatic heterocycles. The summed E-state index contributed by atoms with van der Waals surface area (Å²) in [5.41, 5.74) is 7.71. The van der Waals surface area contributed by atoms with Gasteiger partial charge in [0.15, 0.2) is 0 Å². The van der Waals surface area contributed by atoms with Crippen LogP contribution in [0.4, 0.5) is 0 Å². The molecule has 1 saturated heterocycles. The summed E-state index contributed by atoms with van der Waals surface area (Å²) < 4.78 is 5.30. The summed E-state index contributed by atoms with van der Waals surface area (Å²) in [6.07, 6.45) is 1.85. The maximum atomic E-state index is 13.0. The molecule has 2 aromatic rings. The molecule has 1 amide bonds. The monoisotopic (exact) mass is 383 g/mol. The molecular weight excluding hydrogens is 361 g/mol. The molecule has 0 saturated carbocycles. The standard InChI is InChI=1S/C18H22ClN3O2.ClH/c1-11(20)13-7-9-22(10-8-13)18(23)16-12(2)24-21-17(16)14-5-3-4-6-15(14)19;/h3-6,11,13H,7-10,20H2,1-2H3;1H. The summed E-state index contributed by atoms with van der Waals surface area (Å²) in [5, 5.41) is 4.63. The molecule has 1 unspecified atom stereocenters. The third-order valence-electron chi connectivity index (χ3n) is 4.78. The molecule has 25 heavy (non-hydrogen) atoms. The summed E-state index contributed by atoms with van der Waals surface area (Å²) in [7, 11) is 0. The van der Waals surface area contributed by atoms with Gasteiger partial charge in [-0.05, 0) is 38.7 Å². The molecule has 0 aliphatic carbocycles. The minimum Gasteiger partial charge on any atom is -0.360 e. The van der Waals surface area contributed by atoms with Gasteiger partial charge >= 0.3 is 0 Å². The van der Waals surface area contributed by atoms with E-state index in [0.29, 0.717) is 46.6 Å². The molecule has 0 radical (unpaired) electrons. The molecular formula is C18H23Cl2N3O2. The van der Waals surface area contributed by atoms with Gasteiger partial charge in [-0.25, -0.2) is 0 Å². The Labute approximate surface area is 158 Å². The third kappa shape index (κ3) is 4.00. The fourth-order valence-electron chi connectivity index (χ4n) is 3.25. The summed E-state index contributed by atoms with van der Waals surface area (Å²) in [6.45, 7) is 5.20. The second kappa shape index (κ2) is 8.21. The molecule has 1 fully saturated rings. The van der Waals surface area contributed by atoms with Crippen LogP contribution in [0.25, 0.3) is 11.3 Å². The number of hydrogen-bond acceptors (Lipinski definition) is 4. The normalized spacial score (nSPS) is 16.4. The summed E-state index contributed by atoms with van der Waals surface area (Å²) in [5.74, 6) is 0.941. The minimum absolute atomic E-state index is 0. The lowest BCUT2D eigenvalue weighted by atomic mass is 9.90. The van der Waals surface area contributed by atoms with Crippen molar-refractivity contribution in [1.29, 1.82) is 0 Å². The van der Waals surface area contributed by atoms with Crippen molar-refractivity contribution in [2.45, 2.75) is 32.7 Å². The van der Waals surface area contributed by atoms with Crippen molar-refractivity contribution in [3.05, 3.63) is 40.6 Å². The first-order chi connectivity index (χ1) is 11.5. The summed E-state index contributed by atoms with van der Waals surface area (Å²) in [6, 6.07) is 7.51. The Morgan fingerprint density at radius 3 is 2.60 bits per heavy atom. The van der Waals surface area contributed by atoms with Gasteiger partial charge in [0, 0.05) is 24.7 Å². The number of hydrogen-bond donors (Lipinski definition) is 1. The van der Waals surface area contributed by atoms with Crippen molar-refractivity contribution >= 4 is 29.9 Å². The average Bonchev–Trinajstić information content (AvgIpc) is 2.96. The number of nitrogens with zero attached hydrogens (tertiary/aromatic N) is 2. The summed E-state index contributed by atoms with van der Waals surface area (Å²) >= 11 is 6.26. The van der Waals surface area contributed by atoms with Crippen LogP contribution in [0.3, 0.4) is 0 Å². The van der Waals surface area contributed by atoms with Crippen LogP contribution in [-0.2, 0) is 0 Å². The largest absolute Gasteiger partial charge is 0.360 e. The van der Waals surface area contributed by atoms with Gasteiger partial charge in [-0.15, -0.1) is 12.4 Å². The van der Waals surface area contributed by atoms with E-state index in [9.17, 15) is 4.79 Å². The van der Waals surface area contributed by atoms with Gasteiger partial charge in [-0.1, -0.05) is 35.0 Å². The number of piperidine rings is 1. The van der Waals surface area contributed by atoms with Crippen LogP contribution in [0.15, 0.2) is 28.8 Å². The maximum Gasteiger partial charge on any atom is 0.259 e. The molecule has 0 bridgehead atoms. The van der Waals surface area contributed by atoms with Crippen molar-refractivity contribution in [3.63, 3.8) is 0 Å². The lowest BCUT2D eigenvalue weighted by molar-refractivity contribution is 0.0680. The number of aryl methyl sites for hydroxylation is 1.